The van der Waals surface area contributed by atoms with Crippen molar-refractivity contribution in [1.82, 2.24) is 15.2 Å². The standard InChI is InChI=1S/C10H17N5O3/c1-7-10(15(17)18)8(2)14(13-7)6-4-3-5-9(16)12-11/h3-6,11H2,1-2H3,(H,12,16). The molecule has 0 fully saturated rings. The van der Waals surface area contributed by atoms with Crippen LogP contribution in [0.3, 0.4) is 0 Å². The van der Waals surface area contributed by atoms with E-state index in [-0.39, 0.29) is 11.6 Å². The lowest BCUT2D eigenvalue weighted by molar-refractivity contribution is -0.386. The molecule has 18 heavy (non-hydrogen) atoms. The van der Waals surface area contributed by atoms with Gasteiger partial charge in [-0.3, -0.25) is 25.0 Å². The number of hydrogen-bond acceptors (Lipinski definition) is 5. The minimum absolute atomic E-state index is 0.0645. The molecule has 0 atom stereocenters. The fraction of sp³-hybridized carbons (Fsp3) is 0.600. The van der Waals surface area contributed by atoms with Gasteiger partial charge in [-0.25, -0.2) is 5.84 Å². The van der Waals surface area contributed by atoms with Crippen LogP contribution in [0.4, 0.5) is 5.69 Å². The van der Waals surface area contributed by atoms with Crippen LogP contribution in [0, 0.1) is 24.0 Å². The minimum Gasteiger partial charge on any atom is -0.294 e. The lowest BCUT2D eigenvalue weighted by atomic mass is 10.2. The molecule has 0 aromatic carbocycles. The van der Waals surface area contributed by atoms with Crippen LogP contribution < -0.4 is 11.3 Å². The van der Waals surface area contributed by atoms with Crippen LogP contribution in [0.2, 0.25) is 0 Å². The van der Waals surface area contributed by atoms with Crippen molar-refractivity contribution in [3.63, 3.8) is 0 Å². The van der Waals surface area contributed by atoms with Gasteiger partial charge >= 0.3 is 5.69 Å². The van der Waals surface area contributed by atoms with Crippen molar-refractivity contribution in [2.75, 3.05) is 0 Å². The van der Waals surface area contributed by atoms with E-state index in [9.17, 15) is 14.9 Å². The number of nitro groups is 1. The summed E-state index contributed by atoms with van der Waals surface area (Å²) >= 11 is 0. The van der Waals surface area contributed by atoms with Gasteiger partial charge in [-0.1, -0.05) is 0 Å². The van der Waals surface area contributed by atoms with Crippen LogP contribution in [0.25, 0.3) is 0 Å². The van der Waals surface area contributed by atoms with Gasteiger partial charge in [0.25, 0.3) is 0 Å². The summed E-state index contributed by atoms with van der Waals surface area (Å²) in [5.41, 5.74) is 3.07. The van der Waals surface area contributed by atoms with E-state index in [4.69, 9.17) is 5.84 Å². The summed E-state index contributed by atoms with van der Waals surface area (Å²) in [6, 6.07) is 0. The Hall–Kier alpha value is -1.96. The molecule has 0 radical (unpaired) electrons. The highest BCUT2D eigenvalue weighted by atomic mass is 16.6. The first-order valence-electron chi connectivity index (χ1n) is 5.65. The zero-order chi connectivity index (χ0) is 13.7. The SMILES string of the molecule is Cc1nn(CCCCC(=O)NN)c(C)c1[N+](=O)[O-]. The molecule has 3 N–H and O–H groups in total. The van der Waals surface area contributed by atoms with Gasteiger partial charge in [-0.15, -0.1) is 0 Å². The summed E-state index contributed by atoms with van der Waals surface area (Å²) in [6.45, 7) is 3.84. The Morgan fingerprint density at radius 1 is 1.50 bits per heavy atom. The van der Waals surface area contributed by atoms with Crippen molar-refractivity contribution in [2.24, 2.45) is 5.84 Å². The van der Waals surface area contributed by atoms with Crippen molar-refractivity contribution >= 4 is 11.6 Å². The van der Waals surface area contributed by atoms with Crippen molar-refractivity contribution < 1.29 is 9.72 Å². The predicted molar refractivity (Wildman–Crippen MR) is 64.5 cm³/mol. The maximum Gasteiger partial charge on any atom is 0.312 e. The second-order valence-corrected chi connectivity index (χ2v) is 4.02. The lowest BCUT2D eigenvalue weighted by Gasteiger charge is -2.03. The highest BCUT2D eigenvalue weighted by Crippen LogP contribution is 2.22. The van der Waals surface area contributed by atoms with Gasteiger partial charge in [0.2, 0.25) is 5.91 Å². The summed E-state index contributed by atoms with van der Waals surface area (Å²) < 4.78 is 1.60. The summed E-state index contributed by atoms with van der Waals surface area (Å²) in [7, 11) is 0. The van der Waals surface area contributed by atoms with E-state index >= 15 is 0 Å². The normalized spacial score (nSPS) is 10.4. The number of unbranched alkanes of at least 4 members (excludes halogenated alkanes) is 1. The molecular formula is C10H17N5O3. The van der Waals surface area contributed by atoms with Crippen LogP contribution in [0.1, 0.15) is 30.7 Å². The van der Waals surface area contributed by atoms with Gasteiger partial charge in [-0.2, -0.15) is 5.10 Å². The third-order valence-corrected chi connectivity index (χ3v) is 2.71. The number of aromatic nitrogens is 2. The van der Waals surface area contributed by atoms with E-state index in [0.29, 0.717) is 37.2 Å². The van der Waals surface area contributed by atoms with Crippen LogP contribution in [-0.4, -0.2) is 20.6 Å². The number of nitrogens with two attached hydrogens (primary N) is 1. The summed E-state index contributed by atoms with van der Waals surface area (Å²) in [4.78, 5) is 21.3. The molecule has 100 valence electrons. The van der Waals surface area contributed by atoms with Crippen molar-refractivity contribution in [3.05, 3.63) is 21.5 Å². The van der Waals surface area contributed by atoms with Crippen molar-refractivity contribution in [2.45, 2.75) is 39.7 Å². The zero-order valence-corrected chi connectivity index (χ0v) is 10.5. The number of hydrazine groups is 1. The maximum atomic E-state index is 10.9. The minimum atomic E-state index is -0.421. The van der Waals surface area contributed by atoms with E-state index in [2.05, 4.69) is 10.5 Å². The monoisotopic (exact) mass is 255 g/mol. The lowest BCUT2D eigenvalue weighted by Crippen LogP contribution is -2.29. The zero-order valence-electron chi connectivity index (χ0n) is 10.5. The highest BCUT2D eigenvalue weighted by Gasteiger charge is 2.21. The fourth-order valence-electron chi connectivity index (χ4n) is 1.79. The van der Waals surface area contributed by atoms with Crippen LogP contribution in [0.5, 0.6) is 0 Å². The highest BCUT2D eigenvalue weighted by molar-refractivity contribution is 5.75. The first-order chi connectivity index (χ1) is 8.47. The van der Waals surface area contributed by atoms with Gasteiger partial charge in [0.15, 0.2) is 0 Å². The summed E-state index contributed by atoms with van der Waals surface area (Å²) in [5.74, 6) is 4.74. The van der Waals surface area contributed by atoms with Gasteiger partial charge in [0, 0.05) is 13.0 Å². The molecule has 1 rings (SSSR count). The first-order valence-corrected chi connectivity index (χ1v) is 5.65. The molecule has 8 nitrogen and oxygen atoms in total. The maximum absolute atomic E-state index is 10.9. The van der Waals surface area contributed by atoms with E-state index in [1.807, 2.05) is 0 Å². The average Bonchev–Trinajstić information content (AvgIpc) is 2.59. The molecule has 0 aliphatic heterocycles. The molecule has 0 aliphatic carbocycles. The number of nitrogens with one attached hydrogen (secondary N) is 1. The molecule has 8 heteroatoms. The largest absolute Gasteiger partial charge is 0.312 e. The number of hydrogen-bond donors (Lipinski definition) is 2. The predicted octanol–water partition coefficient (Wildman–Crippen LogP) is 0.568. The topological polar surface area (TPSA) is 116 Å². The third-order valence-electron chi connectivity index (χ3n) is 2.71. The third kappa shape index (κ3) is 3.27. The van der Waals surface area contributed by atoms with Crippen LogP contribution >= 0.6 is 0 Å². The van der Waals surface area contributed by atoms with Crippen LogP contribution in [0.15, 0.2) is 0 Å². The van der Waals surface area contributed by atoms with E-state index in [1.165, 1.54) is 0 Å². The number of carbonyl (C=O) groups excluding carboxylic acids is 1. The van der Waals surface area contributed by atoms with E-state index in [1.54, 1.807) is 18.5 Å². The molecule has 0 bridgehead atoms. The van der Waals surface area contributed by atoms with Crippen molar-refractivity contribution in [3.8, 4) is 0 Å². The van der Waals surface area contributed by atoms with Gasteiger partial charge < -0.3 is 0 Å². The second-order valence-electron chi connectivity index (χ2n) is 4.02. The molecule has 0 unspecified atom stereocenters. The quantitative estimate of drug-likeness (QED) is 0.253. The fourth-order valence-corrected chi connectivity index (χ4v) is 1.79. The summed E-state index contributed by atoms with van der Waals surface area (Å²) in [5, 5.41) is 14.9. The van der Waals surface area contributed by atoms with Gasteiger partial charge in [-0.05, 0) is 26.7 Å². The molecule has 0 saturated carbocycles. The molecular weight excluding hydrogens is 238 g/mol. The number of nitrogens with zero attached hydrogens (tertiary/aromatic N) is 3. The number of carbonyl (C=O) groups is 1. The number of rotatable bonds is 6. The molecule has 1 aromatic rings. The Balaban J connectivity index is 2.56. The molecule has 0 spiro atoms. The van der Waals surface area contributed by atoms with Gasteiger partial charge in [0.05, 0.1) is 4.92 Å². The Kier molecular flexibility index (Phi) is 4.78. The average molecular weight is 255 g/mol. The molecule has 1 amide bonds. The van der Waals surface area contributed by atoms with Crippen molar-refractivity contribution in [1.29, 1.82) is 0 Å². The Morgan fingerprint density at radius 3 is 2.67 bits per heavy atom. The number of aryl methyl sites for hydroxylation is 2. The first kappa shape index (κ1) is 14.1. The molecule has 1 aromatic heterocycles. The molecule has 0 aliphatic rings. The van der Waals surface area contributed by atoms with Crippen LogP contribution in [-0.2, 0) is 11.3 Å². The summed E-state index contributed by atoms with van der Waals surface area (Å²) in [6.07, 6.45) is 1.72. The molecule has 0 saturated heterocycles. The second kappa shape index (κ2) is 6.10. The van der Waals surface area contributed by atoms with E-state index in [0.717, 1.165) is 0 Å². The Morgan fingerprint density at radius 2 is 2.17 bits per heavy atom. The van der Waals surface area contributed by atoms with E-state index < -0.39 is 4.92 Å². The van der Waals surface area contributed by atoms with Gasteiger partial charge in [0.1, 0.15) is 11.4 Å². The Labute approximate surface area is 104 Å². The smallest absolute Gasteiger partial charge is 0.294 e. The molecule has 1 heterocycles. The Bertz CT molecular complexity index is 455. The number of amides is 1.